The summed E-state index contributed by atoms with van der Waals surface area (Å²) in [6.07, 6.45) is 2.92. The average molecular weight is 260 g/mol. The van der Waals surface area contributed by atoms with Crippen LogP contribution in [-0.2, 0) is 11.3 Å². The van der Waals surface area contributed by atoms with Crippen LogP contribution in [0.2, 0.25) is 0 Å². The molecular formula is C12H12N4O3. The number of amides is 1. The highest BCUT2D eigenvalue weighted by Crippen LogP contribution is 2.06. The van der Waals surface area contributed by atoms with E-state index < -0.39 is 5.97 Å². The third-order valence-electron chi connectivity index (χ3n) is 2.41. The van der Waals surface area contributed by atoms with Gasteiger partial charge in [0.25, 0.3) is 0 Å². The number of nitrogens with one attached hydrogen (secondary N) is 1. The first-order valence-corrected chi connectivity index (χ1v) is 5.54. The smallest absolute Gasteiger partial charge is 0.354 e. The van der Waals surface area contributed by atoms with E-state index in [1.165, 1.54) is 12.3 Å². The number of carboxylic acids is 1. The van der Waals surface area contributed by atoms with E-state index in [1.807, 2.05) is 13.0 Å². The van der Waals surface area contributed by atoms with Gasteiger partial charge in [-0.25, -0.2) is 14.5 Å². The molecule has 7 nitrogen and oxygen atoms in total. The fourth-order valence-electron chi connectivity index (χ4n) is 1.56. The number of aromatic nitrogens is 3. The fourth-order valence-corrected chi connectivity index (χ4v) is 1.56. The molecule has 0 saturated heterocycles. The van der Waals surface area contributed by atoms with E-state index in [-0.39, 0.29) is 18.1 Å². The molecule has 0 unspecified atom stereocenters. The zero-order valence-electron chi connectivity index (χ0n) is 10.2. The maximum atomic E-state index is 11.8. The van der Waals surface area contributed by atoms with Gasteiger partial charge >= 0.3 is 5.97 Å². The number of pyridine rings is 1. The molecule has 0 spiro atoms. The monoisotopic (exact) mass is 260 g/mol. The second-order valence-electron chi connectivity index (χ2n) is 3.95. The molecule has 0 aliphatic rings. The first kappa shape index (κ1) is 12.7. The predicted molar refractivity (Wildman–Crippen MR) is 66.8 cm³/mol. The largest absolute Gasteiger partial charge is 0.477 e. The van der Waals surface area contributed by atoms with Gasteiger partial charge in [-0.2, -0.15) is 5.10 Å². The summed E-state index contributed by atoms with van der Waals surface area (Å²) in [7, 11) is 0. The number of hydrogen-bond acceptors (Lipinski definition) is 4. The highest BCUT2D eigenvalue weighted by atomic mass is 16.4. The van der Waals surface area contributed by atoms with Crippen molar-refractivity contribution in [3.63, 3.8) is 0 Å². The number of rotatable bonds is 4. The number of carboxylic acid groups (broad SMARTS) is 1. The minimum atomic E-state index is -1.13. The Balaban J connectivity index is 2.05. The van der Waals surface area contributed by atoms with Gasteiger partial charge in [-0.15, -0.1) is 0 Å². The quantitative estimate of drug-likeness (QED) is 0.852. The summed E-state index contributed by atoms with van der Waals surface area (Å²) in [5, 5.41) is 15.3. The Morgan fingerprint density at radius 2 is 2.16 bits per heavy atom. The Bertz CT molecular complexity index is 621. The summed E-state index contributed by atoms with van der Waals surface area (Å²) in [5.74, 6) is -1.09. The van der Waals surface area contributed by atoms with Gasteiger partial charge in [-0.05, 0) is 30.7 Å². The molecule has 2 aromatic heterocycles. The molecule has 7 heteroatoms. The average Bonchev–Trinajstić information content (AvgIpc) is 2.76. The van der Waals surface area contributed by atoms with Crippen molar-refractivity contribution in [3.8, 4) is 0 Å². The summed E-state index contributed by atoms with van der Waals surface area (Å²) in [6.45, 7) is 1.71. The van der Waals surface area contributed by atoms with E-state index in [9.17, 15) is 9.59 Å². The summed E-state index contributed by atoms with van der Waals surface area (Å²) < 4.78 is 1.12. The molecule has 2 rings (SSSR count). The van der Waals surface area contributed by atoms with Crippen LogP contribution in [0, 0.1) is 6.92 Å². The summed E-state index contributed by atoms with van der Waals surface area (Å²) in [5.41, 5.74) is 0.933. The van der Waals surface area contributed by atoms with Crippen molar-refractivity contribution < 1.29 is 14.7 Å². The van der Waals surface area contributed by atoms with E-state index in [1.54, 1.807) is 12.3 Å². The Kier molecular flexibility index (Phi) is 3.56. The molecule has 2 heterocycles. The van der Waals surface area contributed by atoms with Gasteiger partial charge in [-0.3, -0.25) is 4.79 Å². The SMILES string of the molecule is Cc1ccnc(NC(=O)Cn2nccc2C(=O)O)c1. The molecule has 0 bridgehead atoms. The molecule has 0 aliphatic heterocycles. The standard InChI is InChI=1S/C12H12N4O3/c1-8-2-4-13-10(6-8)15-11(17)7-16-9(12(18)19)3-5-14-16/h2-6H,7H2,1H3,(H,18,19)(H,13,15,17). The van der Waals surface area contributed by atoms with Gasteiger partial charge in [-0.1, -0.05) is 0 Å². The minimum Gasteiger partial charge on any atom is -0.477 e. The lowest BCUT2D eigenvalue weighted by Gasteiger charge is -2.06. The lowest BCUT2D eigenvalue weighted by atomic mass is 10.3. The molecule has 2 N–H and O–H groups in total. The number of anilines is 1. The molecule has 98 valence electrons. The summed E-state index contributed by atoms with van der Waals surface area (Å²) in [4.78, 5) is 26.6. The Morgan fingerprint density at radius 1 is 1.37 bits per heavy atom. The van der Waals surface area contributed by atoms with Crippen LogP contribution in [0.5, 0.6) is 0 Å². The molecule has 1 amide bonds. The van der Waals surface area contributed by atoms with Crippen LogP contribution in [0.1, 0.15) is 16.1 Å². The lowest BCUT2D eigenvalue weighted by molar-refractivity contribution is -0.116. The maximum absolute atomic E-state index is 11.8. The van der Waals surface area contributed by atoms with Crippen LogP contribution >= 0.6 is 0 Å². The fraction of sp³-hybridized carbons (Fsp3) is 0.167. The molecule has 0 aromatic carbocycles. The van der Waals surface area contributed by atoms with E-state index in [2.05, 4.69) is 15.4 Å². The minimum absolute atomic E-state index is 0.0349. The van der Waals surface area contributed by atoms with Gasteiger partial charge in [0.1, 0.15) is 18.1 Å². The van der Waals surface area contributed by atoms with Crippen LogP contribution < -0.4 is 5.32 Å². The molecule has 0 radical (unpaired) electrons. The van der Waals surface area contributed by atoms with Crippen molar-refractivity contribution in [2.45, 2.75) is 13.5 Å². The molecular weight excluding hydrogens is 248 g/mol. The van der Waals surface area contributed by atoms with Crippen LogP contribution in [-0.4, -0.2) is 31.7 Å². The van der Waals surface area contributed by atoms with E-state index >= 15 is 0 Å². The number of aromatic carboxylic acids is 1. The van der Waals surface area contributed by atoms with Crippen molar-refractivity contribution in [1.82, 2.24) is 14.8 Å². The predicted octanol–water partition coefficient (Wildman–Crippen LogP) is 0.923. The maximum Gasteiger partial charge on any atom is 0.354 e. The van der Waals surface area contributed by atoms with Crippen molar-refractivity contribution in [3.05, 3.63) is 41.9 Å². The van der Waals surface area contributed by atoms with Crippen molar-refractivity contribution >= 4 is 17.7 Å². The third-order valence-corrected chi connectivity index (χ3v) is 2.41. The normalized spacial score (nSPS) is 10.2. The van der Waals surface area contributed by atoms with Crippen LogP contribution in [0.4, 0.5) is 5.82 Å². The first-order chi connectivity index (χ1) is 9.06. The molecule has 19 heavy (non-hydrogen) atoms. The zero-order valence-corrected chi connectivity index (χ0v) is 10.2. The molecule has 0 fully saturated rings. The first-order valence-electron chi connectivity index (χ1n) is 5.54. The van der Waals surface area contributed by atoms with Crippen molar-refractivity contribution in [1.29, 1.82) is 0 Å². The highest BCUT2D eigenvalue weighted by molar-refractivity contribution is 5.91. The molecule has 2 aromatic rings. The van der Waals surface area contributed by atoms with Gasteiger partial charge < -0.3 is 10.4 Å². The Labute approximate surface area is 108 Å². The van der Waals surface area contributed by atoms with Crippen LogP contribution in [0.3, 0.4) is 0 Å². The van der Waals surface area contributed by atoms with Crippen molar-refractivity contribution in [2.24, 2.45) is 0 Å². The van der Waals surface area contributed by atoms with Gasteiger partial charge in [0.05, 0.1) is 0 Å². The van der Waals surface area contributed by atoms with Gasteiger partial charge in [0.15, 0.2) is 0 Å². The van der Waals surface area contributed by atoms with E-state index in [0.717, 1.165) is 10.2 Å². The second-order valence-corrected chi connectivity index (χ2v) is 3.95. The topological polar surface area (TPSA) is 97.1 Å². The number of hydrogen-bond donors (Lipinski definition) is 2. The van der Waals surface area contributed by atoms with E-state index in [4.69, 9.17) is 5.11 Å². The molecule has 0 atom stereocenters. The van der Waals surface area contributed by atoms with Crippen LogP contribution in [0.15, 0.2) is 30.6 Å². The number of carbonyl (C=O) groups is 2. The number of carbonyl (C=O) groups excluding carboxylic acids is 1. The number of aryl methyl sites for hydroxylation is 1. The van der Waals surface area contributed by atoms with Crippen LogP contribution in [0.25, 0.3) is 0 Å². The van der Waals surface area contributed by atoms with Gasteiger partial charge in [0.2, 0.25) is 5.91 Å². The molecule has 0 aliphatic carbocycles. The van der Waals surface area contributed by atoms with E-state index in [0.29, 0.717) is 5.82 Å². The molecule has 0 saturated carbocycles. The van der Waals surface area contributed by atoms with Gasteiger partial charge in [0, 0.05) is 12.4 Å². The van der Waals surface area contributed by atoms with Crippen molar-refractivity contribution in [2.75, 3.05) is 5.32 Å². The highest BCUT2D eigenvalue weighted by Gasteiger charge is 2.13. The summed E-state index contributed by atoms with van der Waals surface area (Å²) in [6, 6.07) is 4.87. The third kappa shape index (κ3) is 3.15. The lowest BCUT2D eigenvalue weighted by Crippen LogP contribution is -2.22. The Hall–Kier alpha value is -2.70. The second kappa shape index (κ2) is 5.30. The number of nitrogens with zero attached hydrogens (tertiary/aromatic N) is 3. The summed E-state index contributed by atoms with van der Waals surface area (Å²) >= 11 is 0. The Morgan fingerprint density at radius 3 is 2.84 bits per heavy atom. The zero-order chi connectivity index (χ0) is 13.8.